The van der Waals surface area contributed by atoms with E-state index in [1.165, 1.54) is 4.88 Å². The fourth-order valence-electron chi connectivity index (χ4n) is 4.04. The lowest BCUT2D eigenvalue weighted by molar-refractivity contribution is -0.137. The number of nitrogens with zero attached hydrogens (tertiary/aromatic N) is 2. The molecule has 0 radical (unpaired) electrons. The molecule has 0 aliphatic carbocycles. The number of carbonyl (C=O) groups is 1. The second-order valence-corrected chi connectivity index (χ2v) is 10.9. The number of aryl methyl sites for hydroxylation is 1. The maximum atomic E-state index is 12.7. The van der Waals surface area contributed by atoms with Crippen LogP contribution in [0, 0.1) is 5.92 Å². The van der Waals surface area contributed by atoms with Crippen molar-refractivity contribution in [3.8, 4) is 0 Å². The molecular weight excluding hydrogens is 356 g/mol. The first-order chi connectivity index (χ1) is 11.9. The molecule has 3 rings (SSSR count). The van der Waals surface area contributed by atoms with Crippen molar-refractivity contribution in [1.82, 2.24) is 9.21 Å². The molecule has 25 heavy (non-hydrogen) atoms. The van der Waals surface area contributed by atoms with Crippen molar-refractivity contribution in [2.24, 2.45) is 5.92 Å². The summed E-state index contributed by atoms with van der Waals surface area (Å²) in [5.41, 5.74) is 0. The van der Waals surface area contributed by atoms with Gasteiger partial charge in [-0.2, -0.15) is 0 Å². The van der Waals surface area contributed by atoms with E-state index in [2.05, 4.69) is 6.07 Å². The standard InChI is InChI=1S/C18H28N2O3S2/c1-14(2)25(22,23)19-11-9-17-15(13-19)5-3-10-20(17)18(21)8-7-16-6-4-12-24-16/h4,6,12,14-15,17H,3,5,7-11,13H2,1-2H3/t15-,17-/m1/s1. The van der Waals surface area contributed by atoms with Crippen molar-refractivity contribution in [3.05, 3.63) is 22.4 Å². The number of amides is 1. The maximum Gasteiger partial charge on any atom is 0.223 e. The Labute approximate surface area is 155 Å². The monoisotopic (exact) mass is 384 g/mol. The molecule has 5 nitrogen and oxygen atoms in total. The van der Waals surface area contributed by atoms with Crippen LogP contribution in [0.25, 0.3) is 0 Å². The summed E-state index contributed by atoms with van der Waals surface area (Å²) < 4.78 is 26.6. The van der Waals surface area contributed by atoms with Crippen molar-refractivity contribution in [3.63, 3.8) is 0 Å². The van der Waals surface area contributed by atoms with Gasteiger partial charge in [-0.1, -0.05) is 6.07 Å². The van der Waals surface area contributed by atoms with E-state index in [1.807, 2.05) is 16.3 Å². The van der Waals surface area contributed by atoms with Crippen LogP contribution in [0.3, 0.4) is 0 Å². The van der Waals surface area contributed by atoms with Crippen molar-refractivity contribution >= 4 is 27.3 Å². The van der Waals surface area contributed by atoms with Crippen LogP contribution in [-0.2, 0) is 21.2 Å². The molecule has 0 saturated carbocycles. The van der Waals surface area contributed by atoms with Gasteiger partial charge in [0.15, 0.2) is 0 Å². The Morgan fingerprint density at radius 1 is 1.32 bits per heavy atom. The van der Waals surface area contributed by atoms with Gasteiger partial charge in [0, 0.05) is 37.0 Å². The minimum Gasteiger partial charge on any atom is -0.339 e. The lowest BCUT2D eigenvalue weighted by Crippen LogP contribution is -2.57. The molecule has 2 atom stereocenters. The Morgan fingerprint density at radius 3 is 2.80 bits per heavy atom. The van der Waals surface area contributed by atoms with Crippen LogP contribution in [0.15, 0.2) is 17.5 Å². The second kappa shape index (κ2) is 7.76. The molecule has 1 aromatic rings. The Hall–Kier alpha value is -0.920. The summed E-state index contributed by atoms with van der Waals surface area (Å²) in [5, 5.41) is 1.66. The van der Waals surface area contributed by atoms with Crippen LogP contribution in [0.4, 0.5) is 0 Å². The zero-order valence-corrected chi connectivity index (χ0v) is 16.7. The average molecular weight is 385 g/mol. The van der Waals surface area contributed by atoms with Gasteiger partial charge in [0.1, 0.15) is 0 Å². The molecule has 0 bridgehead atoms. The van der Waals surface area contributed by atoms with Crippen LogP contribution in [0.2, 0.25) is 0 Å². The molecule has 2 aliphatic rings. The van der Waals surface area contributed by atoms with Crippen molar-refractivity contribution in [1.29, 1.82) is 0 Å². The van der Waals surface area contributed by atoms with Gasteiger partial charge in [0.05, 0.1) is 5.25 Å². The third-order valence-corrected chi connectivity index (χ3v) is 8.65. The highest BCUT2D eigenvalue weighted by Gasteiger charge is 2.41. The zero-order valence-electron chi connectivity index (χ0n) is 15.1. The largest absolute Gasteiger partial charge is 0.339 e. The number of hydrogen-bond acceptors (Lipinski definition) is 4. The van der Waals surface area contributed by atoms with E-state index in [-0.39, 0.29) is 23.1 Å². The van der Waals surface area contributed by atoms with Crippen molar-refractivity contribution < 1.29 is 13.2 Å². The predicted molar refractivity (Wildman–Crippen MR) is 101 cm³/mol. The molecule has 3 heterocycles. The summed E-state index contributed by atoms with van der Waals surface area (Å²) in [6, 6.07) is 4.31. The molecule has 2 aliphatic heterocycles. The van der Waals surface area contributed by atoms with Gasteiger partial charge in [-0.15, -0.1) is 11.3 Å². The number of sulfonamides is 1. The van der Waals surface area contributed by atoms with Gasteiger partial charge >= 0.3 is 0 Å². The highest BCUT2D eigenvalue weighted by molar-refractivity contribution is 7.89. The predicted octanol–water partition coefficient (Wildman–Crippen LogP) is 2.73. The number of hydrogen-bond donors (Lipinski definition) is 0. The summed E-state index contributed by atoms with van der Waals surface area (Å²) >= 11 is 1.70. The van der Waals surface area contributed by atoms with Crippen LogP contribution >= 0.6 is 11.3 Å². The quantitative estimate of drug-likeness (QED) is 0.784. The van der Waals surface area contributed by atoms with Crippen LogP contribution in [0.1, 0.15) is 44.4 Å². The molecule has 140 valence electrons. The lowest BCUT2D eigenvalue weighted by Gasteiger charge is -2.47. The molecule has 1 amide bonds. The molecule has 0 unspecified atom stereocenters. The van der Waals surface area contributed by atoms with Gasteiger partial charge in [-0.05, 0) is 56.9 Å². The van der Waals surface area contributed by atoms with Crippen LogP contribution in [0.5, 0.6) is 0 Å². The van der Waals surface area contributed by atoms with E-state index in [0.29, 0.717) is 19.5 Å². The lowest BCUT2D eigenvalue weighted by atomic mass is 9.84. The molecule has 2 fully saturated rings. The number of rotatable bonds is 5. The summed E-state index contributed by atoms with van der Waals surface area (Å²) in [6.07, 6.45) is 4.11. The van der Waals surface area contributed by atoms with Gasteiger partial charge < -0.3 is 4.90 Å². The summed E-state index contributed by atoms with van der Waals surface area (Å²) in [7, 11) is -3.20. The Bertz CT molecular complexity index is 685. The molecule has 0 spiro atoms. The second-order valence-electron chi connectivity index (χ2n) is 7.38. The van der Waals surface area contributed by atoms with E-state index in [0.717, 1.165) is 32.2 Å². The van der Waals surface area contributed by atoms with Crippen LogP contribution < -0.4 is 0 Å². The van der Waals surface area contributed by atoms with Gasteiger partial charge in [-0.25, -0.2) is 12.7 Å². The SMILES string of the molecule is CC(C)S(=O)(=O)N1CC[C@@H]2[C@H](CCCN2C(=O)CCc2cccs2)C1. The molecule has 0 N–H and O–H groups in total. The molecule has 1 aromatic heterocycles. The molecular formula is C18H28N2O3S2. The van der Waals surface area contributed by atoms with E-state index in [4.69, 9.17) is 0 Å². The van der Waals surface area contributed by atoms with E-state index >= 15 is 0 Å². The highest BCUT2D eigenvalue weighted by atomic mass is 32.2. The topological polar surface area (TPSA) is 57.7 Å². The first kappa shape index (κ1) is 18.9. The van der Waals surface area contributed by atoms with Crippen molar-refractivity contribution in [2.75, 3.05) is 19.6 Å². The number of thiophene rings is 1. The Kier molecular flexibility index (Phi) is 5.85. The van der Waals surface area contributed by atoms with Gasteiger partial charge in [0.2, 0.25) is 15.9 Å². The summed E-state index contributed by atoms with van der Waals surface area (Å²) in [4.78, 5) is 16.0. The highest BCUT2D eigenvalue weighted by Crippen LogP contribution is 2.33. The van der Waals surface area contributed by atoms with Crippen molar-refractivity contribution in [2.45, 2.75) is 57.2 Å². The third-order valence-electron chi connectivity index (χ3n) is 5.47. The summed E-state index contributed by atoms with van der Waals surface area (Å²) in [6.45, 7) is 5.41. The Morgan fingerprint density at radius 2 is 2.12 bits per heavy atom. The first-order valence-electron chi connectivity index (χ1n) is 9.20. The van der Waals surface area contributed by atoms with Crippen LogP contribution in [-0.4, -0.2) is 54.5 Å². The number of likely N-dealkylation sites (tertiary alicyclic amines) is 1. The molecule has 2 saturated heterocycles. The maximum absolute atomic E-state index is 12.7. The number of carbonyl (C=O) groups excluding carboxylic acids is 1. The van der Waals surface area contributed by atoms with E-state index in [9.17, 15) is 13.2 Å². The fourth-order valence-corrected chi connectivity index (χ4v) is 6.10. The zero-order chi connectivity index (χ0) is 18.0. The molecule has 7 heteroatoms. The minimum absolute atomic E-state index is 0.211. The third kappa shape index (κ3) is 4.09. The average Bonchev–Trinajstić information content (AvgIpc) is 3.12. The van der Waals surface area contributed by atoms with Gasteiger partial charge in [0.25, 0.3) is 0 Å². The number of piperidine rings is 2. The minimum atomic E-state index is -3.20. The first-order valence-corrected chi connectivity index (χ1v) is 11.6. The Balaban J connectivity index is 1.62. The van der Waals surface area contributed by atoms with Gasteiger partial charge in [-0.3, -0.25) is 4.79 Å². The van der Waals surface area contributed by atoms with E-state index < -0.39 is 10.0 Å². The molecule has 0 aromatic carbocycles. The normalized spacial score (nSPS) is 25.2. The van der Waals surface area contributed by atoms with E-state index in [1.54, 1.807) is 29.5 Å². The smallest absolute Gasteiger partial charge is 0.223 e. The summed E-state index contributed by atoms with van der Waals surface area (Å²) in [5.74, 6) is 0.505. The fraction of sp³-hybridized carbons (Fsp3) is 0.722. The number of fused-ring (bicyclic) bond motifs is 1.